The molecule has 0 spiro atoms. The Bertz CT molecular complexity index is 1090. The number of ether oxygens (including phenoxy) is 1. The molecule has 1 aromatic carbocycles. The molecule has 0 bridgehead atoms. The summed E-state index contributed by atoms with van der Waals surface area (Å²) < 4.78 is 9.12. The largest absolute Gasteiger partial charge is 0.470 e. The molecule has 7 nitrogen and oxygen atoms in total. The van der Waals surface area contributed by atoms with Crippen molar-refractivity contribution in [1.29, 1.82) is 0 Å². The number of pyridine rings is 1. The molecule has 8 heteroatoms. The van der Waals surface area contributed by atoms with Crippen molar-refractivity contribution >= 4 is 23.2 Å². The SMILES string of the molecule is CN(Cc1cn2ccccc2n1)C(=O)c1ccnn1COc1ccccc1Cl. The van der Waals surface area contributed by atoms with E-state index in [4.69, 9.17) is 16.3 Å². The lowest BCUT2D eigenvalue weighted by atomic mass is 10.3. The van der Waals surface area contributed by atoms with Crippen LogP contribution in [0.4, 0.5) is 0 Å². The van der Waals surface area contributed by atoms with Crippen molar-refractivity contribution in [3.8, 4) is 5.75 Å². The summed E-state index contributed by atoms with van der Waals surface area (Å²) in [7, 11) is 1.73. The Morgan fingerprint density at radius 3 is 2.82 bits per heavy atom. The van der Waals surface area contributed by atoms with Crippen LogP contribution in [0.3, 0.4) is 0 Å². The maximum Gasteiger partial charge on any atom is 0.272 e. The minimum absolute atomic E-state index is 0.0833. The van der Waals surface area contributed by atoms with E-state index in [9.17, 15) is 4.79 Å². The number of hydrogen-bond donors (Lipinski definition) is 0. The number of para-hydroxylation sites is 1. The molecule has 142 valence electrons. The Morgan fingerprint density at radius 2 is 2.00 bits per heavy atom. The summed E-state index contributed by atoms with van der Waals surface area (Å²) in [5.41, 5.74) is 2.08. The lowest BCUT2D eigenvalue weighted by Gasteiger charge is -2.17. The first-order chi connectivity index (χ1) is 13.6. The molecular weight excluding hydrogens is 378 g/mol. The number of carbonyl (C=O) groups is 1. The number of fused-ring (bicyclic) bond motifs is 1. The Hall–Kier alpha value is -3.32. The Morgan fingerprint density at radius 1 is 1.18 bits per heavy atom. The number of benzene rings is 1. The molecule has 0 saturated heterocycles. The Kier molecular flexibility index (Phi) is 4.99. The van der Waals surface area contributed by atoms with Gasteiger partial charge in [-0.05, 0) is 30.3 Å². The van der Waals surface area contributed by atoms with Crippen molar-refractivity contribution in [3.05, 3.63) is 83.5 Å². The molecule has 0 atom stereocenters. The first kappa shape index (κ1) is 18.1. The van der Waals surface area contributed by atoms with Gasteiger partial charge in [-0.15, -0.1) is 0 Å². The second-order valence-electron chi connectivity index (χ2n) is 6.28. The van der Waals surface area contributed by atoms with Gasteiger partial charge in [-0.3, -0.25) is 4.79 Å². The molecule has 4 aromatic rings. The van der Waals surface area contributed by atoms with E-state index in [0.717, 1.165) is 11.3 Å². The van der Waals surface area contributed by atoms with Crippen molar-refractivity contribution in [2.45, 2.75) is 13.3 Å². The first-order valence-electron chi connectivity index (χ1n) is 8.69. The molecule has 0 aliphatic heterocycles. The predicted octanol–water partition coefficient (Wildman–Crippen LogP) is 3.49. The lowest BCUT2D eigenvalue weighted by Crippen LogP contribution is -2.29. The minimum atomic E-state index is -0.169. The normalized spacial score (nSPS) is 10.9. The van der Waals surface area contributed by atoms with Gasteiger partial charge >= 0.3 is 0 Å². The average molecular weight is 396 g/mol. The van der Waals surface area contributed by atoms with Crippen LogP contribution in [0.15, 0.2) is 67.1 Å². The number of rotatable bonds is 6. The van der Waals surface area contributed by atoms with Crippen LogP contribution in [0.2, 0.25) is 5.02 Å². The highest BCUT2D eigenvalue weighted by Crippen LogP contribution is 2.23. The molecule has 3 heterocycles. The quantitative estimate of drug-likeness (QED) is 0.501. The van der Waals surface area contributed by atoms with Gasteiger partial charge in [-0.25, -0.2) is 9.67 Å². The smallest absolute Gasteiger partial charge is 0.272 e. The molecular formula is C20H18ClN5O2. The van der Waals surface area contributed by atoms with Gasteiger partial charge in [0.05, 0.1) is 17.3 Å². The summed E-state index contributed by atoms with van der Waals surface area (Å²) in [5.74, 6) is 0.369. The number of aromatic nitrogens is 4. The zero-order valence-corrected chi connectivity index (χ0v) is 16.0. The van der Waals surface area contributed by atoms with Gasteiger partial charge in [0.1, 0.15) is 17.1 Å². The van der Waals surface area contributed by atoms with Gasteiger partial charge in [-0.1, -0.05) is 29.8 Å². The molecule has 28 heavy (non-hydrogen) atoms. The highest BCUT2D eigenvalue weighted by atomic mass is 35.5. The topological polar surface area (TPSA) is 64.7 Å². The lowest BCUT2D eigenvalue weighted by molar-refractivity contribution is 0.0761. The Labute approximate surface area is 166 Å². The van der Waals surface area contributed by atoms with E-state index in [0.29, 0.717) is 23.0 Å². The number of hydrogen-bond acceptors (Lipinski definition) is 4. The van der Waals surface area contributed by atoms with E-state index in [1.54, 1.807) is 36.3 Å². The fourth-order valence-corrected chi connectivity index (χ4v) is 3.07. The van der Waals surface area contributed by atoms with Crippen LogP contribution < -0.4 is 4.74 Å². The number of nitrogens with zero attached hydrogens (tertiary/aromatic N) is 5. The highest BCUT2D eigenvalue weighted by Gasteiger charge is 2.18. The van der Waals surface area contributed by atoms with Crippen molar-refractivity contribution in [2.24, 2.45) is 0 Å². The van der Waals surface area contributed by atoms with Gasteiger partial charge in [0.15, 0.2) is 6.73 Å². The van der Waals surface area contributed by atoms with Crippen molar-refractivity contribution in [2.75, 3.05) is 7.05 Å². The fraction of sp³-hybridized carbons (Fsp3) is 0.150. The molecule has 0 saturated carbocycles. The van der Waals surface area contributed by atoms with Gasteiger partial charge in [0.25, 0.3) is 5.91 Å². The van der Waals surface area contributed by atoms with E-state index in [2.05, 4.69) is 10.1 Å². The summed E-state index contributed by atoms with van der Waals surface area (Å²) in [6.45, 7) is 0.469. The van der Waals surface area contributed by atoms with Gasteiger partial charge in [0, 0.05) is 25.6 Å². The van der Waals surface area contributed by atoms with E-state index < -0.39 is 0 Å². The molecule has 0 aliphatic rings. The van der Waals surface area contributed by atoms with Crippen molar-refractivity contribution < 1.29 is 9.53 Å². The van der Waals surface area contributed by atoms with Crippen molar-refractivity contribution in [3.63, 3.8) is 0 Å². The second kappa shape index (κ2) is 7.74. The zero-order valence-electron chi connectivity index (χ0n) is 15.2. The highest BCUT2D eigenvalue weighted by molar-refractivity contribution is 6.32. The monoisotopic (exact) mass is 395 g/mol. The Balaban J connectivity index is 1.46. The molecule has 4 rings (SSSR count). The molecule has 0 aliphatic carbocycles. The fourth-order valence-electron chi connectivity index (χ4n) is 2.88. The molecule has 0 unspecified atom stereocenters. The summed E-state index contributed by atoms with van der Waals surface area (Å²) in [4.78, 5) is 19.0. The third-order valence-corrected chi connectivity index (χ3v) is 4.59. The van der Waals surface area contributed by atoms with E-state index in [-0.39, 0.29) is 12.6 Å². The number of carbonyl (C=O) groups excluding carboxylic acids is 1. The third kappa shape index (κ3) is 3.70. The molecule has 0 radical (unpaired) electrons. The van der Waals surface area contributed by atoms with Crippen LogP contribution in [0.25, 0.3) is 5.65 Å². The summed E-state index contributed by atoms with van der Waals surface area (Å²) in [6.07, 6.45) is 5.41. The zero-order chi connectivity index (χ0) is 19.5. The standard InChI is InChI=1S/C20H18ClN5O2/c1-24(12-15-13-25-11-5-4-8-19(25)23-15)20(27)17-9-10-22-26(17)14-28-18-7-3-2-6-16(18)21/h2-11,13H,12,14H2,1H3. The summed E-state index contributed by atoms with van der Waals surface area (Å²) in [6, 6.07) is 14.6. The van der Waals surface area contributed by atoms with Gasteiger partial charge in [-0.2, -0.15) is 5.10 Å². The van der Waals surface area contributed by atoms with Crippen LogP contribution in [-0.4, -0.2) is 37.0 Å². The molecule has 0 fully saturated rings. The predicted molar refractivity (Wildman–Crippen MR) is 105 cm³/mol. The van der Waals surface area contributed by atoms with E-state index in [1.807, 2.05) is 47.1 Å². The van der Waals surface area contributed by atoms with Crippen LogP contribution in [-0.2, 0) is 13.3 Å². The maximum atomic E-state index is 12.9. The van der Waals surface area contributed by atoms with Crippen LogP contribution >= 0.6 is 11.6 Å². The van der Waals surface area contributed by atoms with Crippen LogP contribution in [0.5, 0.6) is 5.75 Å². The van der Waals surface area contributed by atoms with Gasteiger partial charge in [0.2, 0.25) is 0 Å². The number of imidazole rings is 1. The first-order valence-corrected chi connectivity index (χ1v) is 9.07. The van der Waals surface area contributed by atoms with Crippen LogP contribution in [0.1, 0.15) is 16.2 Å². The minimum Gasteiger partial charge on any atom is -0.470 e. The average Bonchev–Trinajstić information content (AvgIpc) is 3.32. The molecule has 3 aromatic heterocycles. The summed E-state index contributed by atoms with van der Waals surface area (Å²) >= 11 is 6.10. The van der Waals surface area contributed by atoms with Crippen LogP contribution in [0, 0.1) is 0 Å². The summed E-state index contributed by atoms with van der Waals surface area (Å²) in [5, 5.41) is 4.69. The third-order valence-electron chi connectivity index (χ3n) is 4.27. The van der Waals surface area contributed by atoms with Crippen molar-refractivity contribution in [1.82, 2.24) is 24.1 Å². The molecule has 0 N–H and O–H groups in total. The maximum absolute atomic E-state index is 12.9. The second-order valence-corrected chi connectivity index (χ2v) is 6.69. The van der Waals surface area contributed by atoms with Gasteiger partial charge < -0.3 is 14.0 Å². The number of amides is 1. The van der Waals surface area contributed by atoms with E-state index in [1.165, 1.54) is 4.68 Å². The molecule has 1 amide bonds. The number of halogens is 1. The van der Waals surface area contributed by atoms with E-state index >= 15 is 0 Å².